The summed E-state index contributed by atoms with van der Waals surface area (Å²) in [5, 5.41) is 15.7. The number of nitro benzene ring substituents is 1. The van der Waals surface area contributed by atoms with Crippen molar-refractivity contribution in [2.75, 3.05) is 11.9 Å². The van der Waals surface area contributed by atoms with Gasteiger partial charge >= 0.3 is 12.6 Å². The number of rotatable bonds is 6. The van der Waals surface area contributed by atoms with Crippen molar-refractivity contribution in [1.82, 2.24) is 5.32 Å². The molecule has 0 bridgehead atoms. The van der Waals surface area contributed by atoms with E-state index in [0.717, 1.165) is 31.0 Å². The highest BCUT2D eigenvalue weighted by atomic mass is 19.3. The number of hydrogen-bond acceptors (Lipinski definition) is 5. The van der Waals surface area contributed by atoms with Gasteiger partial charge in [-0.15, -0.1) is 0 Å². The molecule has 0 aliphatic carbocycles. The summed E-state index contributed by atoms with van der Waals surface area (Å²) in [4.78, 5) is 22.1. The first kappa shape index (κ1) is 17.9. The third-order valence-corrected chi connectivity index (χ3v) is 3.52. The molecule has 132 valence electrons. The molecule has 0 radical (unpaired) electrons. The summed E-state index contributed by atoms with van der Waals surface area (Å²) < 4.78 is 34.5. The largest absolute Gasteiger partial charge is 0.433 e. The highest BCUT2D eigenvalue weighted by molar-refractivity contribution is 5.91. The Morgan fingerprint density at radius 1 is 1.50 bits per heavy atom. The van der Waals surface area contributed by atoms with Gasteiger partial charge in [-0.25, -0.2) is 4.79 Å². The van der Waals surface area contributed by atoms with E-state index in [0.29, 0.717) is 6.61 Å². The number of non-ortho nitro benzene ring substituents is 1. The minimum Gasteiger partial charge on any atom is -0.433 e. The fourth-order valence-corrected chi connectivity index (χ4v) is 2.38. The van der Waals surface area contributed by atoms with Crippen LogP contribution >= 0.6 is 0 Å². The van der Waals surface area contributed by atoms with Crippen LogP contribution in [0.4, 0.5) is 25.0 Å². The smallest absolute Gasteiger partial charge is 0.387 e. The van der Waals surface area contributed by atoms with E-state index in [4.69, 9.17) is 4.74 Å². The van der Waals surface area contributed by atoms with Gasteiger partial charge in [0.25, 0.3) is 5.69 Å². The molecule has 0 saturated carbocycles. The molecule has 24 heavy (non-hydrogen) atoms. The molecule has 1 aromatic carbocycles. The molecule has 2 rings (SSSR count). The first-order chi connectivity index (χ1) is 11.4. The van der Waals surface area contributed by atoms with Crippen molar-refractivity contribution in [1.29, 1.82) is 0 Å². The molecular formula is C14H17F2N3O5. The lowest BCUT2D eigenvalue weighted by atomic mass is 10.1. The van der Waals surface area contributed by atoms with Gasteiger partial charge in [0.15, 0.2) is 0 Å². The summed E-state index contributed by atoms with van der Waals surface area (Å²) in [5.74, 6) is -0.365. The highest BCUT2D eigenvalue weighted by Crippen LogP contribution is 2.30. The van der Waals surface area contributed by atoms with Crippen LogP contribution in [0, 0.1) is 10.1 Å². The molecule has 0 spiro atoms. The van der Waals surface area contributed by atoms with E-state index in [1.807, 2.05) is 0 Å². The van der Waals surface area contributed by atoms with Gasteiger partial charge in [0, 0.05) is 18.7 Å². The zero-order valence-corrected chi connectivity index (χ0v) is 12.8. The molecule has 1 aromatic rings. The van der Waals surface area contributed by atoms with Crippen LogP contribution < -0.4 is 15.4 Å². The zero-order valence-electron chi connectivity index (χ0n) is 12.8. The second-order valence-electron chi connectivity index (χ2n) is 5.25. The highest BCUT2D eigenvalue weighted by Gasteiger charge is 2.24. The second-order valence-corrected chi connectivity index (χ2v) is 5.25. The van der Waals surface area contributed by atoms with Gasteiger partial charge in [-0.2, -0.15) is 8.78 Å². The number of alkyl halides is 2. The van der Waals surface area contributed by atoms with Crippen molar-refractivity contribution in [3.05, 3.63) is 28.3 Å². The lowest BCUT2D eigenvalue weighted by Crippen LogP contribution is -2.43. The summed E-state index contributed by atoms with van der Waals surface area (Å²) in [6, 6.07) is 1.97. The van der Waals surface area contributed by atoms with E-state index in [9.17, 15) is 23.7 Å². The van der Waals surface area contributed by atoms with Crippen molar-refractivity contribution >= 4 is 17.4 Å². The maximum atomic E-state index is 12.4. The van der Waals surface area contributed by atoms with Crippen LogP contribution in [0.5, 0.6) is 5.75 Å². The van der Waals surface area contributed by atoms with E-state index in [1.165, 1.54) is 0 Å². The number of hydrogen-bond donors (Lipinski definition) is 2. The molecule has 1 aliphatic heterocycles. The van der Waals surface area contributed by atoms with Crippen LogP contribution in [0.2, 0.25) is 0 Å². The second kappa shape index (κ2) is 7.86. The lowest BCUT2D eigenvalue weighted by Gasteiger charge is -2.20. The number of benzene rings is 1. The lowest BCUT2D eigenvalue weighted by molar-refractivity contribution is -0.384. The number of nitrogens with one attached hydrogen (secondary N) is 2. The van der Waals surface area contributed by atoms with Crippen molar-refractivity contribution < 1.29 is 28.0 Å². The number of carbonyl (C=O) groups is 1. The van der Waals surface area contributed by atoms with Crippen molar-refractivity contribution in [2.24, 2.45) is 0 Å². The number of anilines is 1. The number of nitrogens with zero attached hydrogens (tertiary/aromatic N) is 1. The van der Waals surface area contributed by atoms with Gasteiger partial charge in [-0.3, -0.25) is 10.1 Å². The Balaban J connectivity index is 2.08. The van der Waals surface area contributed by atoms with Gasteiger partial charge in [0.1, 0.15) is 5.75 Å². The topological polar surface area (TPSA) is 103 Å². The van der Waals surface area contributed by atoms with Crippen LogP contribution in [-0.2, 0) is 4.74 Å². The number of urea groups is 1. The Bertz CT molecular complexity index is 608. The molecule has 2 N–H and O–H groups in total. The fraction of sp³-hybridized carbons (Fsp3) is 0.500. The first-order valence-corrected chi connectivity index (χ1v) is 7.29. The number of carbonyl (C=O) groups excluding carboxylic acids is 1. The number of nitro groups is 1. The number of ether oxygens (including phenoxy) is 2. The van der Waals surface area contributed by atoms with Crippen LogP contribution in [0.1, 0.15) is 19.8 Å². The Kier molecular flexibility index (Phi) is 5.85. The maximum absolute atomic E-state index is 12.4. The minimum atomic E-state index is -3.12. The number of halogens is 2. The molecule has 2 atom stereocenters. The van der Waals surface area contributed by atoms with Gasteiger partial charge in [0.05, 0.1) is 22.8 Å². The third-order valence-electron chi connectivity index (χ3n) is 3.52. The standard InChI is InChI=1S/C14H17F2N3O5/c1-8(11-3-2-6-23-11)17-14(20)18-10-7-9(19(21)22)4-5-12(10)24-13(15)16/h4-5,7-8,11,13H,2-3,6H2,1H3,(H2,17,18,20)/t8-,11+/m0/s1. The summed E-state index contributed by atoms with van der Waals surface area (Å²) in [6.07, 6.45) is 1.57. The average molecular weight is 345 g/mol. The van der Waals surface area contributed by atoms with Gasteiger partial charge in [-0.05, 0) is 25.8 Å². The molecule has 1 heterocycles. The summed E-state index contributed by atoms with van der Waals surface area (Å²) >= 11 is 0. The molecule has 10 heteroatoms. The molecule has 0 unspecified atom stereocenters. The predicted molar refractivity (Wildman–Crippen MR) is 80.3 cm³/mol. The Morgan fingerprint density at radius 3 is 2.83 bits per heavy atom. The molecule has 8 nitrogen and oxygen atoms in total. The fourth-order valence-electron chi connectivity index (χ4n) is 2.38. The van der Waals surface area contributed by atoms with Crippen molar-refractivity contribution in [3.63, 3.8) is 0 Å². The van der Waals surface area contributed by atoms with Crippen LogP contribution in [-0.4, -0.2) is 36.3 Å². The summed E-state index contributed by atoms with van der Waals surface area (Å²) in [6.45, 7) is -0.754. The van der Waals surface area contributed by atoms with Gasteiger partial charge in [0.2, 0.25) is 0 Å². The summed E-state index contributed by atoms with van der Waals surface area (Å²) in [5.41, 5.74) is -0.583. The zero-order chi connectivity index (χ0) is 17.7. The van der Waals surface area contributed by atoms with Gasteiger partial charge in [-0.1, -0.05) is 0 Å². The monoisotopic (exact) mass is 345 g/mol. The normalized spacial score (nSPS) is 18.2. The quantitative estimate of drug-likeness (QED) is 0.609. The van der Waals surface area contributed by atoms with Crippen LogP contribution in [0.25, 0.3) is 0 Å². The molecule has 2 amide bonds. The third kappa shape index (κ3) is 4.75. The van der Waals surface area contributed by atoms with Crippen LogP contribution in [0.3, 0.4) is 0 Å². The first-order valence-electron chi connectivity index (χ1n) is 7.29. The van der Waals surface area contributed by atoms with E-state index < -0.39 is 17.6 Å². The molecule has 0 aromatic heterocycles. The van der Waals surface area contributed by atoms with Gasteiger partial charge < -0.3 is 20.1 Å². The van der Waals surface area contributed by atoms with E-state index in [2.05, 4.69) is 15.4 Å². The molecular weight excluding hydrogens is 328 g/mol. The van der Waals surface area contributed by atoms with Crippen molar-refractivity contribution in [3.8, 4) is 5.75 Å². The number of amides is 2. The van der Waals surface area contributed by atoms with Crippen molar-refractivity contribution in [2.45, 2.75) is 38.5 Å². The molecule has 1 fully saturated rings. The van der Waals surface area contributed by atoms with E-state index >= 15 is 0 Å². The summed E-state index contributed by atoms with van der Waals surface area (Å²) in [7, 11) is 0. The maximum Gasteiger partial charge on any atom is 0.387 e. The Morgan fingerprint density at radius 2 is 2.25 bits per heavy atom. The van der Waals surface area contributed by atoms with E-state index in [-0.39, 0.29) is 29.3 Å². The average Bonchev–Trinajstić information content (AvgIpc) is 3.02. The SMILES string of the molecule is C[C@H](NC(=O)Nc1cc([N+](=O)[O-])ccc1OC(F)F)[C@H]1CCCO1. The van der Waals surface area contributed by atoms with Crippen LogP contribution in [0.15, 0.2) is 18.2 Å². The predicted octanol–water partition coefficient (Wildman–Crippen LogP) is 2.89. The molecule has 1 aliphatic rings. The molecule has 1 saturated heterocycles. The minimum absolute atomic E-state index is 0.127. The Hall–Kier alpha value is -2.49. The van der Waals surface area contributed by atoms with E-state index in [1.54, 1.807) is 6.92 Å². The Labute approximate surface area is 136 Å².